The second-order valence-electron chi connectivity index (χ2n) is 8.10. The van der Waals surface area contributed by atoms with Crippen molar-refractivity contribution in [1.29, 1.82) is 0 Å². The van der Waals surface area contributed by atoms with Gasteiger partial charge < -0.3 is 15.0 Å². The first kappa shape index (κ1) is 20.7. The zero-order chi connectivity index (χ0) is 20.0. The first-order chi connectivity index (χ1) is 14.1. The lowest BCUT2D eigenvalue weighted by atomic mass is 9.98. The zero-order valence-electron chi connectivity index (χ0n) is 17.3. The van der Waals surface area contributed by atoms with Crippen LogP contribution in [0.5, 0.6) is 5.75 Å². The van der Waals surface area contributed by atoms with E-state index < -0.39 is 0 Å². The molecule has 30 heavy (non-hydrogen) atoms. The number of nitrogens with one attached hydrogen (secondary N) is 1. The fourth-order valence-corrected chi connectivity index (χ4v) is 4.61. The Labute approximate surface area is 182 Å². The number of carbonyl (C=O) groups excluding carboxylic acids is 1. The van der Waals surface area contributed by atoms with E-state index in [4.69, 9.17) is 9.84 Å². The van der Waals surface area contributed by atoms with Crippen molar-refractivity contribution in [2.24, 2.45) is 7.05 Å². The summed E-state index contributed by atoms with van der Waals surface area (Å²) in [5, 5.41) is 9.26. The molecule has 0 aliphatic carbocycles. The Bertz CT molecular complexity index is 1080. The van der Waals surface area contributed by atoms with Crippen LogP contribution in [0.1, 0.15) is 18.5 Å². The summed E-state index contributed by atoms with van der Waals surface area (Å²) in [6, 6.07) is 14.4. The van der Waals surface area contributed by atoms with Crippen molar-refractivity contribution in [3.63, 3.8) is 0 Å². The van der Waals surface area contributed by atoms with Gasteiger partial charge in [-0.25, -0.2) is 0 Å². The van der Waals surface area contributed by atoms with E-state index in [0.717, 1.165) is 36.2 Å². The summed E-state index contributed by atoms with van der Waals surface area (Å²) < 4.78 is 8.22. The number of rotatable bonds is 0. The third-order valence-electron chi connectivity index (χ3n) is 6.10. The number of fused-ring (bicyclic) bond motifs is 5. The van der Waals surface area contributed by atoms with Crippen LogP contribution in [0.3, 0.4) is 0 Å². The lowest BCUT2D eigenvalue weighted by Crippen LogP contribution is -2.42. The minimum atomic E-state index is -0.168. The maximum atomic E-state index is 12.8. The summed E-state index contributed by atoms with van der Waals surface area (Å²) in [5.41, 5.74) is 4.52. The highest BCUT2D eigenvalue weighted by Crippen LogP contribution is 2.34. The summed E-state index contributed by atoms with van der Waals surface area (Å²) in [5.74, 6) is 0.989. The lowest BCUT2D eigenvalue weighted by molar-refractivity contribution is -0.131. The van der Waals surface area contributed by atoms with Crippen molar-refractivity contribution >= 4 is 29.2 Å². The topological polar surface area (TPSA) is 59.4 Å². The molecule has 6 nitrogen and oxygen atoms in total. The standard InChI is InChI=1S/C23H26N4O2.ClH/c1-26-11-5-10-21-22-18(8-4-9-19(22)25-27(21)2)15-6-3-7-16(12-15)29-17-13-20(23(26)28)24-14-17;/h3-4,6-9,12,17,20,24H,5,10-11,13-14H2,1-2H3;1H/t17-,20-;/m0./s1. The number of ether oxygens (including phenoxy) is 1. The van der Waals surface area contributed by atoms with Crippen molar-refractivity contribution in [3.05, 3.63) is 48.2 Å². The number of amides is 1. The summed E-state index contributed by atoms with van der Waals surface area (Å²) in [6.07, 6.45) is 2.48. The summed E-state index contributed by atoms with van der Waals surface area (Å²) in [7, 11) is 3.90. The monoisotopic (exact) mass is 426 g/mol. The van der Waals surface area contributed by atoms with Gasteiger partial charge in [0.2, 0.25) is 5.91 Å². The number of nitrogens with zero attached hydrogens (tertiary/aromatic N) is 3. The Morgan fingerprint density at radius 1 is 1.17 bits per heavy atom. The Morgan fingerprint density at radius 3 is 2.87 bits per heavy atom. The molecule has 1 fully saturated rings. The van der Waals surface area contributed by atoms with Crippen molar-refractivity contribution < 1.29 is 9.53 Å². The molecule has 1 N–H and O–H groups in total. The number of hydrogen-bond acceptors (Lipinski definition) is 4. The molecule has 2 aliphatic heterocycles. The van der Waals surface area contributed by atoms with E-state index in [1.807, 2.05) is 35.8 Å². The van der Waals surface area contributed by atoms with Crippen LogP contribution in [-0.4, -0.2) is 52.9 Å². The van der Waals surface area contributed by atoms with Crippen LogP contribution in [0.25, 0.3) is 22.0 Å². The van der Waals surface area contributed by atoms with E-state index in [-0.39, 0.29) is 30.5 Å². The molecule has 1 saturated heterocycles. The number of aromatic nitrogens is 2. The van der Waals surface area contributed by atoms with Crippen LogP contribution in [0.15, 0.2) is 42.5 Å². The van der Waals surface area contributed by atoms with Crippen molar-refractivity contribution in [2.45, 2.75) is 31.4 Å². The molecule has 3 aromatic rings. The molecule has 1 aromatic heterocycles. The van der Waals surface area contributed by atoms with Crippen LogP contribution in [0, 0.1) is 0 Å². The first-order valence-corrected chi connectivity index (χ1v) is 10.3. The smallest absolute Gasteiger partial charge is 0.239 e. The van der Waals surface area contributed by atoms with Gasteiger partial charge in [-0.1, -0.05) is 24.3 Å². The van der Waals surface area contributed by atoms with Gasteiger partial charge in [-0.3, -0.25) is 9.48 Å². The highest BCUT2D eigenvalue weighted by atomic mass is 35.5. The zero-order valence-corrected chi connectivity index (χ0v) is 18.1. The number of halogens is 1. The van der Waals surface area contributed by atoms with Gasteiger partial charge >= 0.3 is 0 Å². The van der Waals surface area contributed by atoms with Crippen LogP contribution in [0.4, 0.5) is 0 Å². The fraction of sp³-hybridized carbons (Fsp3) is 0.391. The molecule has 7 heteroatoms. The van der Waals surface area contributed by atoms with Gasteiger partial charge in [0.25, 0.3) is 0 Å². The summed E-state index contributed by atoms with van der Waals surface area (Å²) in [6.45, 7) is 1.42. The number of aryl methyl sites for hydroxylation is 2. The molecule has 158 valence electrons. The average molecular weight is 427 g/mol. The molecule has 0 spiro atoms. The molecule has 2 atom stereocenters. The van der Waals surface area contributed by atoms with Crippen molar-refractivity contribution in [2.75, 3.05) is 20.1 Å². The van der Waals surface area contributed by atoms with Crippen LogP contribution < -0.4 is 10.1 Å². The molecule has 0 unspecified atom stereocenters. The molecule has 3 heterocycles. The molecule has 2 aliphatic rings. The maximum Gasteiger partial charge on any atom is 0.239 e. The molecule has 1 amide bonds. The van der Waals surface area contributed by atoms with Crippen molar-refractivity contribution in [3.8, 4) is 16.9 Å². The van der Waals surface area contributed by atoms with Crippen LogP contribution in [0.2, 0.25) is 0 Å². The number of likely N-dealkylation sites (N-methyl/N-ethyl adjacent to an activating group) is 1. The minimum absolute atomic E-state index is 0. The maximum absolute atomic E-state index is 12.8. The van der Waals surface area contributed by atoms with E-state index in [0.29, 0.717) is 13.0 Å². The number of hydrogen-bond donors (Lipinski definition) is 1. The molecule has 0 radical (unpaired) electrons. The first-order valence-electron chi connectivity index (χ1n) is 10.3. The molecule has 5 rings (SSSR count). The second kappa shape index (κ2) is 8.28. The van der Waals surface area contributed by atoms with Gasteiger partial charge in [0.05, 0.1) is 11.6 Å². The van der Waals surface area contributed by atoms with Gasteiger partial charge in [0, 0.05) is 44.7 Å². The molecule has 0 saturated carbocycles. The lowest BCUT2D eigenvalue weighted by Gasteiger charge is -2.21. The van der Waals surface area contributed by atoms with Crippen LogP contribution in [-0.2, 0) is 18.3 Å². The van der Waals surface area contributed by atoms with Gasteiger partial charge in [0.1, 0.15) is 11.9 Å². The number of benzene rings is 2. The largest absolute Gasteiger partial charge is 0.489 e. The Balaban J connectivity index is 0.00000218. The second-order valence-corrected chi connectivity index (χ2v) is 8.10. The van der Waals surface area contributed by atoms with Crippen LogP contribution >= 0.6 is 12.4 Å². The minimum Gasteiger partial charge on any atom is -0.489 e. The summed E-state index contributed by atoms with van der Waals surface area (Å²) >= 11 is 0. The van der Waals surface area contributed by atoms with E-state index >= 15 is 0 Å². The Morgan fingerprint density at radius 2 is 2.00 bits per heavy atom. The molecule has 4 bridgehead atoms. The third-order valence-corrected chi connectivity index (χ3v) is 6.10. The Kier molecular flexibility index (Phi) is 5.71. The van der Waals surface area contributed by atoms with Gasteiger partial charge in [-0.05, 0) is 42.2 Å². The van der Waals surface area contributed by atoms with Crippen molar-refractivity contribution in [1.82, 2.24) is 20.0 Å². The van der Waals surface area contributed by atoms with E-state index in [1.165, 1.54) is 16.6 Å². The molecular weight excluding hydrogens is 400 g/mol. The third kappa shape index (κ3) is 3.66. The molecular formula is C23H27ClN4O2. The van der Waals surface area contributed by atoms with Gasteiger partial charge in [0.15, 0.2) is 0 Å². The fourth-order valence-electron chi connectivity index (χ4n) is 4.61. The normalized spacial score (nSPS) is 21.5. The average Bonchev–Trinajstić information content (AvgIpc) is 3.31. The highest BCUT2D eigenvalue weighted by molar-refractivity contribution is 5.97. The van der Waals surface area contributed by atoms with E-state index in [2.05, 4.69) is 35.6 Å². The number of carbonyl (C=O) groups is 1. The Hall–Kier alpha value is -2.57. The molecule has 2 aromatic carbocycles. The highest BCUT2D eigenvalue weighted by Gasteiger charge is 2.32. The summed E-state index contributed by atoms with van der Waals surface area (Å²) in [4.78, 5) is 14.7. The SMILES string of the molecule is CN1CCCc2c3c(cccc3nn2C)-c2cccc(c2)O[C@@H]2CN[C@@H](C2)C1=O.Cl. The predicted molar refractivity (Wildman–Crippen MR) is 120 cm³/mol. The van der Waals surface area contributed by atoms with Gasteiger partial charge in [-0.15, -0.1) is 12.4 Å². The predicted octanol–water partition coefficient (Wildman–Crippen LogP) is 3.18. The van der Waals surface area contributed by atoms with Gasteiger partial charge in [-0.2, -0.15) is 5.10 Å². The van der Waals surface area contributed by atoms with E-state index in [1.54, 1.807) is 0 Å². The quantitative estimate of drug-likeness (QED) is 0.599. The van der Waals surface area contributed by atoms with E-state index in [9.17, 15) is 4.79 Å².